The Hall–Kier alpha value is -1.32. The van der Waals surface area contributed by atoms with Crippen molar-refractivity contribution in [1.29, 1.82) is 0 Å². The quantitative estimate of drug-likeness (QED) is 0.0682. The summed E-state index contributed by atoms with van der Waals surface area (Å²) in [7, 11) is 0. The highest BCUT2D eigenvalue weighted by Gasteiger charge is 2.08. The van der Waals surface area contributed by atoms with E-state index in [9.17, 15) is 9.59 Å². The number of hydrogen-bond donors (Lipinski definition) is 2. The Bertz CT molecular complexity index is 555. The summed E-state index contributed by atoms with van der Waals surface area (Å²) in [6.07, 6.45) is 39.2. The van der Waals surface area contributed by atoms with Crippen LogP contribution in [0.15, 0.2) is 11.6 Å². The molecule has 0 aliphatic heterocycles. The summed E-state index contributed by atoms with van der Waals surface area (Å²) in [5.74, 6) is -2.29. The van der Waals surface area contributed by atoms with Crippen molar-refractivity contribution >= 4 is 11.9 Å². The topological polar surface area (TPSA) is 74.6 Å². The first-order valence-electron chi connectivity index (χ1n) is 16.7. The Balaban J connectivity index is 3.18. The van der Waals surface area contributed by atoms with Crippen LogP contribution in [0.1, 0.15) is 193 Å². The molecule has 0 aliphatic rings. The van der Waals surface area contributed by atoms with Gasteiger partial charge in [0.25, 0.3) is 0 Å². The lowest BCUT2D eigenvalue weighted by molar-refractivity contribution is -0.135. The van der Waals surface area contributed by atoms with Gasteiger partial charge < -0.3 is 10.2 Å². The highest BCUT2D eigenvalue weighted by molar-refractivity contribution is 5.94. The van der Waals surface area contributed by atoms with Crippen molar-refractivity contribution in [3.05, 3.63) is 11.6 Å². The molecule has 0 bridgehead atoms. The van der Waals surface area contributed by atoms with Crippen LogP contribution < -0.4 is 0 Å². The number of rotatable bonds is 31. The molecule has 224 valence electrons. The average molecular weight is 537 g/mol. The molecule has 4 heteroatoms. The summed E-state index contributed by atoms with van der Waals surface area (Å²) < 4.78 is 0. The molecule has 0 aromatic heterocycles. The minimum absolute atomic E-state index is 0.00677. The number of hydrogen-bond acceptors (Lipinski definition) is 2. The summed E-state index contributed by atoms with van der Waals surface area (Å²) in [6.45, 7) is 2.29. The summed E-state index contributed by atoms with van der Waals surface area (Å²) >= 11 is 0. The highest BCUT2D eigenvalue weighted by atomic mass is 16.4. The second kappa shape index (κ2) is 30.2. The SMILES string of the molecule is CCCCCCCCCCCCCCCCCCCCCCCCCCCCCCC(=CC(=O)O)C(=O)O. The van der Waals surface area contributed by atoms with Crippen molar-refractivity contribution in [2.75, 3.05) is 0 Å². The zero-order chi connectivity index (χ0) is 27.9. The fourth-order valence-electron chi connectivity index (χ4n) is 5.37. The van der Waals surface area contributed by atoms with Gasteiger partial charge in [-0.05, 0) is 12.8 Å². The van der Waals surface area contributed by atoms with E-state index in [4.69, 9.17) is 10.2 Å². The predicted molar refractivity (Wildman–Crippen MR) is 163 cm³/mol. The molecule has 0 unspecified atom stereocenters. The van der Waals surface area contributed by atoms with Gasteiger partial charge in [-0.2, -0.15) is 0 Å². The number of carbonyl (C=O) groups is 2. The smallest absolute Gasteiger partial charge is 0.331 e. The van der Waals surface area contributed by atoms with E-state index >= 15 is 0 Å². The van der Waals surface area contributed by atoms with Crippen LogP contribution in [0.5, 0.6) is 0 Å². The van der Waals surface area contributed by atoms with Crippen molar-refractivity contribution in [1.82, 2.24) is 0 Å². The Morgan fingerprint density at radius 3 is 0.868 bits per heavy atom. The first kappa shape index (κ1) is 36.7. The number of unbranched alkanes of at least 4 members (excludes halogenated alkanes) is 27. The van der Waals surface area contributed by atoms with Crippen LogP contribution in [0.3, 0.4) is 0 Å². The lowest BCUT2D eigenvalue weighted by Crippen LogP contribution is -2.04. The summed E-state index contributed by atoms with van der Waals surface area (Å²) in [5.41, 5.74) is 0.00677. The molecular weight excluding hydrogens is 472 g/mol. The van der Waals surface area contributed by atoms with Gasteiger partial charge in [-0.25, -0.2) is 9.59 Å². The zero-order valence-corrected chi connectivity index (χ0v) is 25.3. The van der Waals surface area contributed by atoms with Gasteiger partial charge in [0.15, 0.2) is 0 Å². The van der Waals surface area contributed by atoms with Gasteiger partial charge in [-0.1, -0.05) is 180 Å². The third-order valence-electron chi connectivity index (χ3n) is 7.87. The molecule has 0 fully saturated rings. The third-order valence-corrected chi connectivity index (χ3v) is 7.87. The average Bonchev–Trinajstić information content (AvgIpc) is 2.89. The molecule has 0 aromatic rings. The van der Waals surface area contributed by atoms with Gasteiger partial charge in [0, 0.05) is 11.6 Å². The zero-order valence-electron chi connectivity index (χ0n) is 25.3. The molecule has 0 heterocycles. The fourth-order valence-corrected chi connectivity index (χ4v) is 5.37. The van der Waals surface area contributed by atoms with E-state index in [-0.39, 0.29) is 5.57 Å². The molecule has 0 amide bonds. The molecule has 0 saturated carbocycles. The van der Waals surface area contributed by atoms with Crippen LogP contribution in [0, 0.1) is 0 Å². The second-order valence-corrected chi connectivity index (χ2v) is 11.6. The number of carboxylic acids is 2. The maximum atomic E-state index is 11.0. The summed E-state index contributed by atoms with van der Waals surface area (Å²) in [4.78, 5) is 21.6. The van der Waals surface area contributed by atoms with Crippen molar-refractivity contribution in [3.63, 3.8) is 0 Å². The molecule has 38 heavy (non-hydrogen) atoms. The van der Waals surface area contributed by atoms with E-state index in [1.807, 2.05) is 0 Å². The number of carboxylic acid groups (broad SMARTS) is 2. The predicted octanol–water partition coefficient (Wildman–Crippen LogP) is 11.4. The lowest BCUT2D eigenvalue weighted by Gasteiger charge is -2.05. The van der Waals surface area contributed by atoms with E-state index in [1.54, 1.807) is 0 Å². The minimum Gasteiger partial charge on any atom is -0.478 e. The van der Waals surface area contributed by atoms with Gasteiger partial charge in [-0.3, -0.25) is 0 Å². The van der Waals surface area contributed by atoms with Crippen LogP contribution in [0.2, 0.25) is 0 Å². The first-order valence-corrected chi connectivity index (χ1v) is 16.7. The van der Waals surface area contributed by atoms with Gasteiger partial charge in [0.2, 0.25) is 0 Å². The largest absolute Gasteiger partial charge is 0.478 e. The van der Waals surface area contributed by atoms with Crippen molar-refractivity contribution in [3.8, 4) is 0 Å². The van der Waals surface area contributed by atoms with Gasteiger partial charge in [0.05, 0.1) is 0 Å². The Kier molecular flexibility index (Phi) is 29.2. The van der Waals surface area contributed by atoms with E-state index in [0.717, 1.165) is 25.3 Å². The summed E-state index contributed by atoms with van der Waals surface area (Å²) in [6, 6.07) is 0. The Labute approximate surface area is 236 Å². The Morgan fingerprint density at radius 2 is 0.658 bits per heavy atom. The molecule has 0 atom stereocenters. The van der Waals surface area contributed by atoms with Crippen molar-refractivity contribution < 1.29 is 19.8 Å². The van der Waals surface area contributed by atoms with Gasteiger partial charge in [0.1, 0.15) is 0 Å². The van der Waals surface area contributed by atoms with Gasteiger partial charge >= 0.3 is 11.9 Å². The molecule has 0 aromatic carbocycles. The monoisotopic (exact) mass is 536 g/mol. The molecule has 0 aliphatic carbocycles. The van der Waals surface area contributed by atoms with Crippen LogP contribution in [-0.2, 0) is 9.59 Å². The molecule has 2 N–H and O–H groups in total. The van der Waals surface area contributed by atoms with Crippen LogP contribution in [0.25, 0.3) is 0 Å². The number of aliphatic carboxylic acids is 2. The first-order chi connectivity index (χ1) is 18.6. The third kappa shape index (κ3) is 29.2. The van der Waals surface area contributed by atoms with Crippen LogP contribution in [0.4, 0.5) is 0 Å². The molecule has 0 radical (unpaired) electrons. The van der Waals surface area contributed by atoms with E-state index in [2.05, 4.69) is 6.92 Å². The molecule has 0 spiro atoms. The Morgan fingerprint density at radius 1 is 0.421 bits per heavy atom. The van der Waals surface area contributed by atoms with E-state index in [0.29, 0.717) is 6.42 Å². The van der Waals surface area contributed by atoms with Crippen molar-refractivity contribution in [2.45, 2.75) is 193 Å². The van der Waals surface area contributed by atoms with Crippen molar-refractivity contribution in [2.24, 2.45) is 0 Å². The van der Waals surface area contributed by atoms with Crippen LogP contribution in [-0.4, -0.2) is 22.2 Å². The van der Waals surface area contributed by atoms with E-state index in [1.165, 1.54) is 161 Å². The molecule has 4 nitrogen and oxygen atoms in total. The van der Waals surface area contributed by atoms with Gasteiger partial charge in [-0.15, -0.1) is 0 Å². The van der Waals surface area contributed by atoms with Crippen LogP contribution >= 0.6 is 0 Å². The normalized spacial score (nSPS) is 11.8. The standard InChI is InChI=1S/C34H64O4/c1-2-3-4-5-6-7-8-9-10-11-12-13-14-15-16-17-18-19-20-21-22-23-24-25-26-27-28-29-30-32(34(37)38)31-33(35)36/h31H,2-30H2,1H3,(H,35,36)(H,37,38). The highest BCUT2D eigenvalue weighted by Crippen LogP contribution is 2.17. The fraction of sp³-hybridized carbons (Fsp3) is 0.882. The molecule has 0 rings (SSSR count). The van der Waals surface area contributed by atoms with E-state index < -0.39 is 11.9 Å². The molecular formula is C34H64O4. The minimum atomic E-state index is -1.18. The maximum absolute atomic E-state index is 11.0. The molecule has 0 saturated heterocycles. The lowest BCUT2D eigenvalue weighted by atomic mass is 10.0. The maximum Gasteiger partial charge on any atom is 0.331 e. The summed E-state index contributed by atoms with van der Waals surface area (Å²) in [5, 5.41) is 17.7. The second-order valence-electron chi connectivity index (χ2n) is 11.6.